The van der Waals surface area contributed by atoms with Gasteiger partial charge in [-0.3, -0.25) is 9.69 Å². The molecule has 1 atom stereocenters. The van der Waals surface area contributed by atoms with Gasteiger partial charge < -0.3 is 15.3 Å². The summed E-state index contributed by atoms with van der Waals surface area (Å²) in [5.41, 5.74) is 2.32. The summed E-state index contributed by atoms with van der Waals surface area (Å²) in [4.78, 5) is 27.1. The number of carbonyl (C=O) groups is 2. The van der Waals surface area contributed by atoms with E-state index in [4.69, 9.17) is 5.11 Å². The van der Waals surface area contributed by atoms with E-state index in [2.05, 4.69) is 18.3 Å². The molecule has 1 aromatic rings. The molecule has 1 aliphatic rings. The van der Waals surface area contributed by atoms with E-state index in [1.54, 1.807) is 4.90 Å². The fourth-order valence-electron chi connectivity index (χ4n) is 3.39. The molecule has 1 aliphatic carbocycles. The fourth-order valence-corrected chi connectivity index (χ4v) is 3.39. The number of likely N-dealkylation sites (N-methyl/N-ethyl adjacent to an activating group) is 1. The quantitative estimate of drug-likeness (QED) is 0.795. The molecule has 2 rings (SSSR count). The highest BCUT2D eigenvalue weighted by atomic mass is 16.4. The third kappa shape index (κ3) is 4.72. The molecule has 6 nitrogen and oxygen atoms in total. The van der Waals surface area contributed by atoms with Gasteiger partial charge >= 0.3 is 12.0 Å². The number of nitrogens with zero attached hydrogens (tertiary/aromatic N) is 2. The predicted octanol–water partition coefficient (Wildman–Crippen LogP) is 2.63. The number of aliphatic carboxylic acids is 1. The Balaban J connectivity index is 1.85. The Labute approximate surface area is 149 Å². The molecule has 0 radical (unpaired) electrons. The summed E-state index contributed by atoms with van der Waals surface area (Å²) in [6.45, 7) is 6.81. The first-order valence-electron chi connectivity index (χ1n) is 8.88. The second kappa shape index (κ2) is 8.34. The van der Waals surface area contributed by atoms with Gasteiger partial charge in [-0.2, -0.15) is 0 Å². The van der Waals surface area contributed by atoms with Crippen molar-refractivity contribution >= 4 is 12.0 Å². The van der Waals surface area contributed by atoms with Crippen LogP contribution in [0.15, 0.2) is 24.3 Å². The number of benzene rings is 1. The van der Waals surface area contributed by atoms with E-state index in [9.17, 15) is 9.59 Å². The van der Waals surface area contributed by atoms with Crippen LogP contribution in [0.3, 0.4) is 0 Å². The van der Waals surface area contributed by atoms with Gasteiger partial charge in [-0.15, -0.1) is 0 Å². The average Bonchev–Trinajstić information content (AvgIpc) is 2.54. The van der Waals surface area contributed by atoms with E-state index < -0.39 is 5.97 Å². The molecule has 1 fully saturated rings. The highest BCUT2D eigenvalue weighted by Gasteiger charge is 2.35. The number of urea groups is 1. The maximum atomic E-state index is 12.5. The van der Waals surface area contributed by atoms with Crippen LogP contribution in [0.1, 0.15) is 43.9 Å². The molecule has 1 aromatic carbocycles. The summed E-state index contributed by atoms with van der Waals surface area (Å²) < 4.78 is 0. The molecular weight excluding hydrogens is 318 g/mol. The molecule has 2 N–H and O–H groups in total. The highest BCUT2D eigenvalue weighted by Crippen LogP contribution is 2.27. The van der Waals surface area contributed by atoms with Crippen LogP contribution in [-0.4, -0.2) is 59.1 Å². The standard InChI is InChI=1S/C19H29N3O3/c1-5-22(12-18(23)24)16-10-15(11-16)20-19(25)21(4)14(3)17-9-7-6-8-13(17)2/h6-9,14-16H,5,10-12H2,1-4H3,(H,20,25)(H,23,24). The van der Waals surface area contributed by atoms with Crippen LogP contribution in [-0.2, 0) is 4.79 Å². The molecule has 1 saturated carbocycles. The first-order valence-corrected chi connectivity index (χ1v) is 8.88. The fraction of sp³-hybridized carbons (Fsp3) is 0.579. The minimum atomic E-state index is -0.805. The Bertz CT molecular complexity index is 614. The first kappa shape index (κ1) is 19.2. The molecule has 0 heterocycles. The zero-order valence-electron chi connectivity index (χ0n) is 15.5. The Hall–Kier alpha value is -2.08. The lowest BCUT2D eigenvalue weighted by Crippen LogP contribution is -2.56. The third-order valence-electron chi connectivity index (χ3n) is 5.24. The third-order valence-corrected chi connectivity index (χ3v) is 5.24. The van der Waals surface area contributed by atoms with E-state index in [0.717, 1.165) is 18.4 Å². The number of carboxylic acids is 1. The summed E-state index contributed by atoms with van der Waals surface area (Å²) in [5, 5.41) is 12.0. The van der Waals surface area contributed by atoms with Crippen LogP contribution in [0.4, 0.5) is 4.79 Å². The second-order valence-electron chi connectivity index (χ2n) is 6.87. The van der Waals surface area contributed by atoms with E-state index in [0.29, 0.717) is 6.54 Å². The zero-order chi connectivity index (χ0) is 18.6. The molecule has 0 aromatic heterocycles. The van der Waals surface area contributed by atoms with Crippen molar-refractivity contribution in [2.24, 2.45) is 0 Å². The Morgan fingerprint density at radius 1 is 1.32 bits per heavy atom. The maximum absolute atomic E-state index is 12.5. The van der Waals surface area contributed by atoms with Crippen molar-refractivity contribution in [2.45, 2.75) is 51.7 Å². The second-order valence-corrected chi connectivity index (χ2v) is 6.87. The maximum Gasteiger partial charge on any atom is 0.317 e. The number of hydrogen-bond donors (Lipinski definition) is 2. The topological polar surface area (TPSA) is 72.9 Å². The molecule has 1 unspecified atom stereocenters. The molecule has 0 spiro atoms. The van der Waals surface area contributed by atoms with Gasteiger partial charge in [-0.1, -0.05) is 31.2 Å². The Morgan fingerprint density at radius 3 is 2.52 bits per heavy atom. The molecule has 6 heteroatoms. The number of rotatable bonds is 7. The normalized spacial score (nSPS) is 20.7. The molecule has 138 valence electrons. The van der Waals surface area contributed by atoms with Gasteiger partial charge in [0.15, 0.2) is 0 Å². The van der Waals surface area contributed by atoms with Gasteiger partial charge in [-0.05, 0) is 44.4 Å². The van der Waals surface area contributed by atoms with E-state index in [-0.39, 0.29) is 30.7 Å². The van der Waals surface area contributed by atoms with Crippen LogP contribution in [0.2, 0.25) is 0 Å². The lowest BCUT2D eigenvalue weighted by molar-refractivity contribution is -0.139. The van der Waals surface area contributed by atoms with Crippen LogP contribution < -0.4 is 5.32 Å². The van der Waals surface area contributed by atoms with Gasteiger partial charge in [0.25, 0.3) is 0 Å². The SMILES string of the molecule is CCN(CC(=O)O)C1CC(NC(=O)N(C)C(C)c2ccccc2C)C1. The zero-order valence-corrected chi connectivity index (χ0v) is 15.5. The summed E-state index contributed by atoms with van der Waals surface area (Å²) >= 11 is 0. The first-order chi connectivity index (χ1) is 11.8. The van der Waals surface area contributed by atoms with Gasteiger partial charge in [0.1, 0.15) is 0 Å². The van der Waals surface area contributed by atoms with E-state index in [1.807, 2.05) is 44.0 Å². The lowest BCUT2D eigenvalue weighted by Gasteiger charge is -2.43. The molecule has 2 amide bonds. The van der Waals surface area contributed by atoms with Crippen molar-refractivity contribution in [1.82, 2.24) is 15.1 Å². The van der Waals surface area contributed by atoms with Crippen LogP contribution in [0.5, 0.6) is 0 Å². The van der Waals surface area contributed by atoms with Crippen LogP contribution in [0.25, 0.3) is 0 Å². The highest BCUT2D eigenvalue weighted by molar-refractivity contribution is 5.75. The molecule has 0 bridgehead atoms. The number of hydrogen-bond acceptors (Lipinski definition) is 3. The number of carbonyl (C=O) groups excluding carboxylic acids is 1. The summed E-state index contributed by atoms with van der Waals surface area (Å²) in [7, 11) is 1.81. The van der Waals surface area contributed by atoms with Crippen LogP contribution in [0, 0.1) is 6.92 Å². The Kier molecular flexibility index (Phi) is 6.42. The lowest BCUT2D eigenvalue weighted by atomic mass is 9.85. The van der Waals surface area contributed by atoms with Crippen molar-refractivity contribution in [2.75, 3.05) is 20.1 Å². The number of amides is 2. The summed E-state index contributed by atoms with van der Waals surface area (Å²) in [6.07, 6.45) is 1.61. The van der Waals surface area contributed by atoms with E-state index in [1.165, 1.54) is 5.56 Å². The average molecular weight is 347 g/mol. The van der Waals surface area contributed by atoms with Gasteiger partial charge in [0, 0.05) is 19.1 Å². The number of carboxylic acid groups (broad SMARTS) is 1. The summed E-state index contributed by atoms with van der Waals surface area (Å²) in [5.74, 6) is -0.805. The monoisotopic (exact) mass is 347 g/mol. The van der Waals surface area contributed by atoms with Crippen molar-refractivity contribution in [3.05, 3.63) is 35.4 Å². The Morgan fingerprint density at radius 2 is 1.96 bits per heavy atom. The summed E-state index contributed by atoms with van der Waals surface area (Å²) in [6, 6.07) is 8.36. The van der Waals surface area contributed by atoms with Crippen molar-refractivity contribution in [3.8, 4) is 0 Å². The predicted molar refractivity (Wildman–Crippen MR) is 97.6 cm³/mol. The van der Waals surface area contributed by atoms with Crippen LogP contribution >= 0.6 is 0 Å². The minimum Gasteiger partial charge on any atom is -0.480 e. The van der Waals surface area contributed by atoms with Gasteiger partial charge in [-0.25, -0.2) is 4.79 Å². The molecule has 0 aliphatic heterocycles. The van der Waals surface area contributed by atoms with Crippen molar-refractivity contribution < 1.29 is 14.7 Å². The molecular formula is C19H29N3O3. The largest absolute Gasteiger partial charge is 0.480 e. The van der Waals surface area contributed by atoms with Crippen molar-refractivity contribution in [3.63, 3.8) is 0 Å². The minimum absolute atomic E-state index is 0.00350. The molecule has 0 saturated heterocycles. The number of nitrogens with one attached hydrogen (secondary N) is 1. The van der Waals surface area contributed by atoms with Crippen molar-refractivity contribution in [1.29, 1.82) is 0 Å². The van der Waals surface area contributed by atoms with E-state index >= 15 is 0 Å². The molecule has 25 heavy (non-hydrogen) atoms. The van der Waals surface area contributed by atoms with Gasteiger partial charge in [0.05, 0.1) is 12.6 Å². The van der Waals surface area contributed by atoms with Gasteiger partial charge in [0.2, 0.25) is 0 Å². The smallest absolute Gasteiger partial charge is 0.317 e. The number of aryl methyl sites for hydroxylation is 1.